The minimum absolute atomic E-state index is 0.0338. The first-order chi connectivity index (χ1) is 21.3. The number of hydrogen-bond donors (Lipinski definition) is 6. The van der Waals surface area contributed by atoms with Gasteiger partial charge in [0.05, 0.1) is 19.3 Å². The van der Waals surface area contributed by atoms with E-state index in [0.717, 1.165) is 17.2 Å². The molecule has 0 spiro atoms. The van der Waals surface area contributed by atoms with Crippen LogP contribution in [0.5, 0.6) is 0 Å². The Morgan fingerprint density at radius 3 is 2.53 bits per heavy atom. The van der Waals surface area contributed by atoms with E-state index in [9.17, 15) is 23.2 Å². The van der Waals surface area contributed by atoms with E-state index in [0.29, 0.717) is 0 Å². The summed E-state index contributed by atoms with van der Waals surface area (Å²) in [6, 6.07) is 0. The SMILES string of the molecule is Nc1nc2c(ncn2[C@@H]2O[C@@H]3COP(O)(=S)O[C@H]4[C@@H](F)[C@H](n5cnc6c(N)ncnc65)O[C@@H]4CNS(=O)(=O)O[C@H]3[C@H]2O)c(=O)[nH]1. The molecule has 4 aromatic rings. The van der Waals surface area contributed by atoms with Crippen molar-refractivity contribution in [2.45, 2.75) is 49.1 Å². The van der Waals surface area contributed by atoms with Gasteiger partial charge >= 0.3 is 17.0 Å². The zero-order valence-corrected chi connectivity index (χ0v) is 24.9. The number of imidazole rings is 2. The van der Waals surface area contributed by atoms with Crippen LogP contribution in [0.2, 0.25) is 0 Å². The third-order valence-electron chi connectivity index (χ3n) is 7.32. The molecule has 45 heavy (non-hydrogen) atoms. The predicted octanol–water partition coefficient (Wildman–Crippen LogP) is -2.53. The first kappa shape index (κ1) is 30.4. The molecule has 3 aliphatic heterocycles. The zero-order chi connectivity index (χ0) is 31.8. The second-order valence-corrected chi connectivity index (χ2v) is 14.3. The number of fused-ring (bicyclic) bond motifs is 4. The molecular weight excluding hydrogens is 668 g/mol. The summed E-state index contributed by atoms with van der Waals surface area (Å²) in [7, 11) is -4.70. The Hall–Kier alpha value is -3.29. The smallest absolute Gasteiger partial charge is 0.336 e. The normalized spacial score (nSPS) is 35.5. The van der Waals surface area contributed by atoms with Crippen molar-refractivity contribution in [1.29, 1.82) is 0 Å². The molecule has 0 saturated carbocycles. The number of nitrogens with one attached hydrogen (secondary N) is 2. The first-order valence-electron chi connectivity index (χ1n) is 12.9. The molecule has 0 aliphatic carbocycles. The number of aromatic nitrogens is 8. The van der Waals surface area contributed by atoms with Gasteiger partial charge in [-0.3, -0.25) is 23.4 Å². The highest BCUT2D eigenvalue weighted by atomic mass is 32.5. The number of aliphatic hydroxyl groups is 1. The number of nitrogen functional groups attached to an aromatic ring is 2. The minimum atomic E-state index is -4.70. The summed E-state index contributed by atoms with van der Waals surface area (Å²) >= 11 is 5.14. The highest BCUT2D eigenvalue weighted by molar-refractivity contribution is 8.07. The lowest BCUT2D eigenvalue weighted by molar-refractivity contribution is -0.0511. The van der Waals surface area contributed by atoms with Crippen LogP contribution in [0.1, 0.15) is 12.5 Å². The van der Waals surface area contributed by atoms with Crippen molar-refractivity contribution < 1.29 is 45.5 Å². The summed E-state index contributed by atoms with van der Waals surface area (Å²) in [6.45, 7) is -5.58. The molecule has 0 aromatic carbocycles. The number of aromatic amines is 1. The van der Waals surface area contributed by atoms with E-state index in [1.807, 2.05) is 0 Å². The third-order valence-corrected chi connectivity index (χ3v) is 9.87. The fourth-order valence-corrected chi connectivity index (χ4v) is 7.72. The van der Waals surface area contributed by atoms with Gasteiger partial charge in [0, 0.05) is 6.54 Å². The van der Waals surface area contributed by atoms with Crippen LogP contribution in [0.15, 0.2) is 23.8 Å². The molecule has 21 nitrogen and oxygen atoms in total. The quantitative estimate of drug-likeness (QED) is 0.118. The van der Waals surface area contributed by atoms with E-state index >= 15 is 4.39 Å². The molecule has 7 heterocycles. The Labute approximate surface area is 255 Å². The van der Waals surface area contributed by atoms with Crippen LogP contribution in [0.3, 0.4) is 0 Å². The van der Waals surface area contributed by atoms with Crippen molar-refractivity contribution in [3.63, 3.8) is 0 Å². The summed E-state index contributed by atoms with van der Waals surface area (Å²) in [4.78, 5) is 45.4. The number of hydrogen-bond acceptors (Lipinski definition) is 17. The number of H-pyrrole nitrogens is 1. The van der Waals surface area contributed by atoms with Crippen molar-refractivity contribution in [3.05, 3.63) is 29.3 Å². The van der Waals surface area contributed by atoms with E-state index in [1.54, 1.807) is 0 Å². The van der Waals surface area contributed by atoms with Crippen molar-refractivity contribution in [3.8, 4) is 0 Å². The molecule has 3 saturated heterocycles. The Bertz CT molecular complexity index is 2010. The lowest BCUT2D eigenvalue weighted by atomic mass is 10.1. The molecule has 25 heteroatoms. The van der Waals surface area contributed by atoms with Gasteiger partial charge in [0.15, 0.2) is 41.3 Å². The predicted molar refractivity (Wildman–Crippen MR) is 150 cm³/mol. The number of halogens is 1. The maximum Gasteiger partial charge on any atom is 0.336 e. The molecule has 0 radical (unpaired) electrons. The minimum Gasteiger partial charge on any atom is -0.386 e. The number of aliphatic hydroxyl groups excluding tert-OH is 1. The van der Waals surface area contributed by atoms with Crippen molar-refractivity contribution in [1.82, 2.24) is 43.8 Å². The molecule has 242 valence electrons. The molecule has 7 rings (SSSR count). The van der Waals surface area contributed by atoms with Crippen molar-refractivity contribution in [2.24, 2.45) is 0 Å². The molecule has 3 aliphatic rings. The van der Waals surface area contributed by atoms with Gasteiger partial charge in [-0.15, -0.1) is 0 Å². The van der Waals surface area contributed by atoms with E-state index < -0.39 is 84.9 Å². The van der Waals surface area contributed by atoms with E-state index in [2.05, 4.69) is 34.6 Å². The van der Waals surface area contributed by atoms with Gasteiger partial charge in [-0.05, 0) is 11.8 Å². The van der Waals surface area contributed by atoms with Gasteiger partial charge in [-0.1, -0.05) is 0 Å². The zero-order valence-electron chi connectivity index (χ0n) is 22.4. The largest absolute Gasteiger partial charge is 0.386 e. The summed E-state index contributed by atoms with van der Waals surface area (Å²) in [6.07, 6.45) is -9.25. The van der Waals surface area contributed by atoms with Crippen molar-refractivity contribution in [2.75, 3.05) is 24.6 Å². The maximum absolute atomic E-state index is 16.0. The van der Waals surface area contributed by atoms with Gasteiger partial charge in [0.2, 0.25) is 5.95 Å². The molecule has 0 amide bonds. The second kappa shape index (κ2) is 10.9. The number of rotatable bonds is 2. The summed E-state index contributed by atoms with van der Waals surface area (Å²) < 4.78 is 74.4. The summed E-state index contributed by atoms with van der Waals surface area (Å²) in [5, 5.41) is 11.1. The second-order valence-electron chi connectivity index (χ2n) is 10.1. The standard InChI is InChI=1S/C20H23FN11O10PS2/c21-8-12-6(39-18(8)31-4-26-9-14(22)24-3-25-15(9)31)1-28-45(36,37)42-13-7(2-38-43(35,44)41-12)40-19(11(13)33)32-5-27-10-16(32)29-20(23)30-17(10)34/h3-8,11-13,18-19,28,33H,1-2H2,(H,35,44)(H2,22,24,25)(H3,23,29,30,34)/t6-,7-,8-,11-,12-,13-,18-,19-,43?/m1/s1. The van der Waals surface area contributed by atoms with Crippen LogP contribution in [0, 0.1) is 0 Å². The molecule has 4 aromatic heterocycles. The Balaban J connectivity index is 1.17. The number of ether oxygens (including phenoxy) is 2. The van der Waals surface area contributed by atoms with Crippen LogP contribution in [-0.2, 0) is 44.8 Å². The van der Waals surface area contributed by atoms with Gasteiger partial charge in [0.1, 0.15) is 42.4 Å². The number of nitrogens with two attached hydrogens (primary N) is 2. The molecule has 9 atom stereocenters. The third kappa shape index (κ3) is 5.36. The number of nitrogens with zero attached hydrogens (tertiary/aromatic N) is 7. The summed E-state index contributed by atoms with van der Waals surface area (Å²) in [5.41, 5.74) is 10.9. The van der Waals surface area contributed by atoms with Crippen LogP contribution in [0.25, 0.3) is 22.3 Å². The fraction of sp³-hybridized carbons (Fsp3) is 0.500. The Kier molecular flexibility index (Phi) is 7.36. The lowest BCUT2D eigenvalue weighted by Crippen LogP contribution is -2.45. The van der Waals surface area contributed by atoms with Crippen LogP contribution >= 0.6 is 6.72 Å². The van der Waals surface area contributed by atoms with Gasteiger partial charge in [-0.2, -0.15) is 18.1 Å². The monoisotopic (exact) mass is 691 g/mol. The Morgan fingerprint density at radius 2 is 1.76 bits per heavy atom. The van der Waals surface area contributed by atoms with Gasteiger partial charge < -0.3 is 35.5 Å². The number of alkyl halides is 1. The van der Waals surface area contributed by atoms with E-state index in [-0.39, 0.29) is 34.1 Å². The average Bonchev–Trinajstić information content (AvgIpc) is 3.72. The molecule has 3 fully saturated rings. The maximum atomic E-state index is 16.0. The fourth-order valence-electron chi connectivity index (χ4n) is 5.31. The molecular formula is C20H23FN11O10PS2. The van der Waals surface area contributed by atoms with Crippen LogP contribution < -0.4 is 21.7 Å². The van der Waals surface area contributed by atoms with Gasteiger partial charge in [-0.25, -0.2) is 28.5 Å². The highest BCUT2D eigenvalue weighted by Gasteiger charge is 2.53. The first-order valence-corrected chi connectivity index (χ1v) is 16.9. The van der Waals surface area contributed by atoms with Crippen LogP contribution in [0.4, 0.5) is 16.2 Å². The molecule has 8 N–H and O–H groups in total. The highest BCUT2D eigenvalue weighted by Crippen LogP contribution is 2.50. The molecule has 0 bridgehead atoms. The van der Waals surface area contributed by atoms with Crippen molar-refractivity contribution >= 4 is 62.9 Å². The molecule has 1 unspecified atom stereocenters. The van der Waals surface area contributed by atoms with Gasteiger partial charge in [0.25, 0.3) is 5.56 Å². The van der Waals surface area contributed by atoms with Crippen LogP contribution in [-0.4, -0.2) is 107 Å². The topological polar surface area (TPSA) is 292 Å². The Morgan fingerprint density at radius 1 is 1.04 bits per heavy atom. The number of anilines is 2. The summed E-state index contributed by atoms with van der Waals surface area (Å²) in [5.74, 6) is -0.218. The van der Waals surface area contributed by atoms with E-state index in [1.165, 1.54) is 10.9 Å². The average molecular weight is 692 g/mol. The lowest BCUT2D eigenvalue weighted by Gasteiger charge is -2.28. The van der Waals surface area contributed by atoms with E-state index in [4.69, 9.17) is 46.0 Å².